The Labute approximate surface area is 115 Å². The van der Waals surface area contributed by atoms with Crippen LogP contribution in [0.15, 0.2) is 24.3 Å². The topological polar surface area (TPSA) is 25.2 Å². The van der Waals surface area contributed by atoms with E-state index in [0.717, 1.165) is 14.8 Å². The summed E-state index contributed by atoms with van der Waals surface area (Å²) in [4.78, 5) is 0. The van der Waals surface area contributed by atoms with Gasteiger partial charge in [-0.25, -0.2) is 0 Å². The van der Waals surface area contributed by atoms with Crippen molar-refractivity contribution in [2.75, 3.05) is 0 Å². The van der Waals surface area contributed by atoms with Crippen molar-refractivity contribution in [3.05, 3.63) is 33.5 Å². The van der Waals surface area contributed by atoms with E-state index in [4.69, 9.17) is 0 Å². The van der Waals surface area contributed by atoms with Crippen molar-refractivity contribution < 1.29 is 5.11 Å². The molecule has 1 N–H and O–H groups in total. The van der Waals surface area contributed by atoms with Crippen LogP contribution in [0.2, 0.25) is 0 Å². The molecule has 0 spiro atoms. The fourth-order valence-corrected chi connectivity index (χ4v) is 2.65. The van der Waals surface area contributed by atoms with Gasteiger partial charge in [0.15, 0.2) is 0 Å². The molecule has 0 radical (unpaired) electrons. The van der Waals surface area contributed by atoms with Gasteiger partial charge in [-0.05, 0) is 48.4 Å². The second-order valence-electron chi connectivity index (χ2n) is 4.55. The third kappa shape index (κ3) is 2.48. The van der Waals surface area contributed by atoms with Gasteiger partial charge in [0.05, 0.1) is 3.57 Å². The Morgan fingerprint density at radius 3 is 2.53 bits per heavy atom. The van der Waals surface area contributed by atoms with E-state index in [9.17, 15) is 5.11 Å². The van der Waals surface area contributed by atoms with Crippen molar-refractivity contribution in [1.29, 1.82) is 0 Å². The highest BCUT2D eigenvalue weighted by molar-refractivity contribution is 14.1. The fraction of sp³-hybridized carbons (Fsp3) is 0.286. The van der Waals surface area contributed by atoms with Crippen LogP contribution in [0.5, 0.6) is 0 Å². The van der Waals surface area contributed by atoms with Gasteiger partial charge in [0.2, 0.25) is 0 Å². The average Bonchev–Trinajstić information content (AvgIpc) is 2.49. The molecule has 2 aromatic rings. The van der Waals surface area contributed by atoms with Gasteiger partial charge in [-0.15, -0.1) is 0 Å². The fourth-order valence-electron chi connectivity index (χ4n) is 1.70. The number of halogens is 1. The molecule has 0 saturated carbocycles. The molecule has 0 aliphatic rings. The van der Waals surface area contributed by atoms with Gasteiger partial charge in [0.25, 0.3) is 0 Å². The van der Waals surface area contributed by atoms with E-state index in [0.29, 0.717) is 0 Å². The number of hydrogen-bond acceptors (Lipinski definition) is 1. The quantitative estimate of drug-likeness (QED) is 0.580. The summed E-state index contributed by atoms with van der Waals surface area (Å²) in [6.07, 6.45) is 0. The van der Waals surface area contributed by atoms with Gasteiger partial charge < -0.3 is 9.67 Å². The Hall–Kier alpha value is -0.990. The molecule has 0 bridgehead atoms. The number of para-hydroxylation sites is 1. The van der Waals surface area contributed by atoms with Crippen LogP contribution in [0, 0.1) is 15.4 Å². The monoisotopic (exact) mass is 339 g/mol. The third-order valence-electron chi connectivity index (χ3n) is 2.53. The predicted molar refractivity (Wildman–Crippen MR) is 78.8 cm³/mol. The predicted octanol–water partition coefficient (Wildman–Crippen LogP) is 2.91. The summed E-state index contributed by atoms with van der Waals surface area (Å²) in [5.41, 5.74) is 1.16. The maximum atomic E-state index is 9.65. The largest absolute Gasteiger partial charge is 0.378 e. The van der Waals surface area contributed by atoms with Crippen LogP contribution in [0.3, 0.4) is 0 Å². The number of nitrogens with zero attached hydrogens (tertiary/aromatic N) is 1. The molecule has 1 heterocycles. The zero-order valence-corrected chi connectivity index (χ0v) is 12.2. The smallest absolute Gasteiger partial charge is 0.120 e. The Morgan fingerprint density at radius 2 is 1.94 bits per heavy atom. The highest BCUT2D eigenvalue weighted by Gasteiger charge is 2.12. The van der Waals surface area contributed by atoms with Crippen LogP contribution in [0.1, 0.15) is 19.5 Å². The molecule has 1 aromatic heterocycles. The lowest BCUT2D eigenvalue weighted by Crippen LogP contribution is -2.14. The molecule has 0 aliphatic heterocycles. The lowest BCUT2D eigenvalue weighted by Gasteiger charge is -2.06. The van der Waals surface area contributed by atoms with Crippen LogP contribution in [0.4, 0.5) is 0 Å². The summed E-state index contributed by atoms with van der Waals surface area (Å²) in [6.45, 7) is 3.38. The van der Waals surface area contributed by atoms with Crippen molar-refractivity contribution in [1.82, 2.24) is 4.57 Å². The standard InChI is InChI=1S/C14H14INO/c1-14(2,17)9-8-12-13(15)10-6-4-5-7-11(10)16(12)3/h4-7,17H,1-3H3. The summed E-state index contributed by atoms with van der Waals surface area (Å²) >= 11 is 2.31. The number of rotatable bonds is 0. The molecular weight excluding hydrogens is 325 g/mol. The summed E-state index contributed by atoms with van der Waals surface area (Å²) in [5, 5.41) is 10.9. The summed E-state index contributed by atoms with van der Waals surface area (Å²) < 4.78 is 3.20. The Bertz CT molecular complexity index is 584. The SMILES string of the molecule is Cn1c(C#CC(C)(C)O)c(I)c2ccccc21. The molecular formula is C14H14INO. The molecule has 0 unspecified atom stereocenters. The molecule has 0 saturated heterocycles. The van der Waals surface area contributed by atoms with Crippen LogP contribution < -0.4 is 0 Å². The molecule has 17 heavy (non-hydrogen) atoms. The van der Waals surface area contributed by atoms with Gasteiger partial charge in [0.1, 0.15) is 11.3 Å². The number of aliphatic hydroxyl groups is 1. The normalized spacial score (nSPS) is 11.4. The minimum Gasteiger partial charge on any atom is -0.378 e. The first kappa shape index (κ1) is 12.5. The Balaban J connectivity index is 2.66. The van der Waals surface area contributed by atoms with E-state index in [2.05, 4.69) is 51.1 Å². The number of hydrogen-bond donors (Lipinski definition) is 1. The molecule has 0 fully saturated rings. The molecule has 88 valence electrons. The molecule has 3 heteroatoms. The summed E-state index contributed by atoms with van der Waals surface area (Å²) in [7, 11) is 2.00. The highest BCUT2D eigenvalue weighted by Crippen LogP contribution is 2.26. The first-order valence-corrected chi connectivity index (χ1v) is 6.46. The molecule has 0 atom stereocenters. The first-order chi connectivity index (χ1) is 7.90. The number of aromatic nitrogens is 1. The zero-order valence-electron chi connectivity index (χ0n) is 10.1. The minimum absolute atomic E-state index is 0.953. The lowest BCUT2D eigenvalue weighted by atomic mass is 10.1. The first-order valence-electron chi connectivity index (χ1n) is 5.38. The van der Waals surface area contributed by atoms with E-state index in [-0.39, 0.29) is 0 Å². The van der Waals surface area contributed by atoms with Crippen LogP contribution in [0.25, 0.3) is 10.9 Å². The van der Waals surface area contributed by atoms with Crippen molar-refractivity contribution in [3.8, 4) is 11.8 Å². The maximum Gasteiger partial charge on any atom is 0.120 e. The van der Waals surface area contributed by atoms with Crippen molar-refractivity contribution in [2.45, 2.75) is 19.4 Å². The second-order valence-corrected chi connectivity index (χ2v) is 5.63. The van der Waals surface area contributed by atoms with Gasteiger partial charge in [-0.1, -0.05) is 24.1 Å². The summed E-state index contributed by atoms with van der Waals surface area (Å²) in [6, 6.07) is 8.21. The zero-order chi connectivity index (χ0) is 12.6. The molecule has 0 amide bonds. The number of benzene rings is 1. The van der Waals surface area contributed by atoms with Crippen LogP contribution >= 0.6 is 22.6 Å². The van der Waals surface area contributed by atoms with Crippen LogP contribution in [-0.4, -0.2) is 15.3 Å². The van der Waals surface area contributed by atoms with Gasteiger partial charge in [0, 0.05) is 18.0 Å². The summed E-state index contributed by atoms with van der Waals surface area (Å²) in [5.74, 6) is 5.93. The Morgan fingerprint density at radius 1 is 1.29 bits per heavy atom. The molecule has 2 nitrogen and oxygen atoms in total. The van der Waals surface area contributed by atoms with Gasteiger partial charge in [-0.2, -0.15) is 0 Å². The molecule has 2 rings (SSSR count). The number of aryl methyl sites for hydroxylation is 1. The van der Waals surface area contributed by atoms with Gasteiger partial charge >= 0.3 is 0 Å². The lowest BCUT2D eigenvalue weighted by molar-refractivity contribution is 0.143. The highest BCUT2D eigenvalue weighted by atomic mass is 127. The Kier molecular flexibility index (Phi) is 3.19. The minimum atomic E-state index is -0.959. The van der Waals surface area contributed by atoms with Crippen LogP contribution in [-0.2, 0) is 7.05 Å². The molecule has 0 aliphatic carbocycles. The average molecular weight is 339 g/mol. The van der Waals surface area contributed by atoms with Crippen molar-refractivity contribution in [2.24, 2.45) is 7.05 Å². The molecule has 1 aromatic carbocycles. The van der Waals surface area contributed by atoms with E-state index in [1.807, 2.05) is 19.2 Å². The van der Waals surface area contributed by atoms with E-state index in [1.165, 1.54) is 5.39 Å². The number of fused-ring (bicyclic) bond motifs is 1. The van der Waals surface area contributed by atoms with Crippen molar-refractivity contribution >= 4 is 33.5 Å². The maximum absolute atomic E-state index is 9.65. The second kappa shape index (κ2) is 4.35. The van der Waals surface area contributed by atoms with E-state index in [1.54, 1.807) is 13.8 Å². The van der Waals surface area contributed by atoms with E-state index >= 15 is 0 Å². The van der Waals surface area contributed by atoms with Crippen molar-refractivity contribution in [3.63, 3.8) is 0 Å². The van der Waals surface area contributed by atoms with Gasteiger partial charge in [-0.3, -0.25) is 0 Å². The third-order valence-corrected chi connectivity index (χ3v) is 3.62. The van der Waals surface area contributed by atoms with E-state index < -0.39 is 5.60 Å².